The van der Waals surface area contributed by atoms with Gasteiger partial charge in [0.25, 0.3) is 0 Å². The van der Waals surface area contributed by atoms with Gasteiger partial charge in [-0.1, -0.05) is 75.7 Å². The van der Waals surface area contributed by atoms with Crippen LogP contribution >= 0.6 is 0 Å². The number of benzene rings is 1. The van der Waals surface area contributed by atoms with Crippen molar-refractivity contribution in [2.45, 2.75) is 88.2 Å². The fourth-order valence-electron chi connectivity index (χ4n) is 5.52. The number of rotatable bonds is 5. The lowest BCUT2D eigenvalue weighted by atomic mass is 9.60. The molecule has 0 spiro atoms. The Morgan fingerprint density at radius 3 is 2.19 bits per heavy atom. The predicted molar refractivity (Wildman–Crippen MR) is 102 cm³/mol. The van der Waals surface area contributed by atoms with E-state index in [2.05, 4.69) is 11.7 Å². The Labute approximate surface area is 156 Å². The highest BCUT2D eigenvalue weighted by molar-refractivity contribution is 6.58. The number of ether oxygens (including phenoxy) is 1. The normalized spacial score (nSPS) is 26.5. The monoisotopic (exact) mass is 384 g/mol. The van der Waals surface area contributed by atoms with Crippen LogP contribution in [0.4, 0.5) is 13.2 Å². The third kappa shape index (κ3) is 4.65. The van der Waals surface area contributed by atoms with Crippen LogP contribution in [0.25, 0.3) is 0 Å². The summed E-state index contributed by atoms with van der Waals surface area (Å²) in [6.07, 6.45) is 5.53. The van der Waals surface area contributed by atoms with E-state index in [0.29, 0.717) is 5.92 Å². The summed E-state index contributed by atoms with van der Waals surface area (Å²) >= 11 is 0. The van der Waals surface area contributed by atoms with Gasteiger partial charge in [0, 0.05) is 8.80 Å². The Kier molecular flexibility index (Phi) is 6.36. The molecule has 1 aromatic rings. The molecule has 0 bridgehead atoms. The first-order valence-corrected chi connectivity index (χ1v) is 12.7. The van der Waals surface area contributed by atoms with Gasteiger partial charge in [-0.15, -0.1) is 13.2 Å². The minimum atomic E-state index is -4.62. The lowest BCUT2D eigenvalue weighted by Crippen LogP contribution is -2.40. The molecule has 0 N–H and O–H groups in total. The lowest BCUT2D eigenvalue weighted by molar-refractivity contribution is -0.274. The van der Waals surface area contributed by atoms with Gasteiger partial charge >= 0.3 is 6.36 Å². The van der Waals surface area contributed by atoms with Crippen LogP contribution < -0.4 is 4.74 Å². The molecule has 0 unspecified atom stereocenters. The van der Waals surface area contributed by atoms with Crippen molar-refractivity contribution in [2.24, 2.45) is 5.92 Å². The van der Waals surface area contributed by atoms with E-state index in [1.807, 2.05) is 12.1 Å². The summed E-state index contributed by atoms with van der Waals surface area (Å²) < 4.78 is 41.4. The highest BCUT2D eigenvalue weighted by Gasteiger charge is 2.42. The van der Waals surface area contributed by atoms with Crippen molar-refractivity contribution in [3.8, 4) is 5.75 Å². The molecule has 5 heteroatoms. The molecule has 2 fully saturated rings. The molecule has 0 amide bonds. The van der Waals surface area contributed by atoms with E-state index in [1.54, 1.807) is 0 Å². The smallest absolute Gasteiger partial charge is 0.406 e. The van der Waals surface area contributed by atoms with Gasteiger partial charge in [0.1, 0.15) is 5.75 Å². The Balaban J connectivity index is 1.77. The summed E-state index contributed by atoms with van der Waals surface area (Å²) in [5.74, 6) is 0.601. The quantitative estimate of drug-likeness (QED) is 0.505. The molecular formula is C21H31F3OSi. The molecule has 146 valence electrons. The molecule has 1 nitrogen and oxygen atoms in total. The van der Waals surface area contributed by atoms with E-state index in [0.717, 1.165) is 0 Å². The Hall–Kier alpha value is -0.973. The molecule has 1 saturated carbocycles. The zero-order valence-electron chi connectivity index (χ0n) is 15.8. The Morgan fingerprint density at radius 1 is 1.04 bits per heavy atom. The zero-order valence-corrected chi connectivity index (χ0v) is 16.9. The summed E-state index contributed by atoms with van der Waals surface area (Å²) in [6.45, 7) is 2.30. The SMILES string of the molecule is CCC[SiH]1CCC(C2(c3ccc(OC(F)(F)F)cc3)CCCCC2)CC1. The molecule has 3 rings (SSSR count). The van der Waals surface area contributed by atoms with Gasteiger partial charge in [0.05, 0.1) is 0 Å². The number of hydrogen-bond acceptors (Lipinski definition) is 1. The number of alkyl halides is 3. The van der Waals surface area contributed by atoms with Crippen LogP contribution in [-0.2, 0) is 5.41 Å². The maximum Gasteiger partial charge on any atom is 0.573 e. The summed E-state index contributed by atoms with van der Waals surface area (Å²) in [6, 6.07) is 11.2. The van der Waals surface area contributed by atoms with Crippen LogP contribution in [0.2, 0.25) is 18.1 Å². The van der Waals surface area contributed by atoms with Crippen LogP contribution in [-0.4, -0.2) is 15.2 Å². The van der Waals surface area contributed by atoms with Gasteiger partial charge in [-0.3, -0.25) is 0 Å². The minimum Gasteiger partial charge on any atom is -0.406 e. The summed E-state index contributed by atoms with van der Waals surface area (Å²) in [4.78, 5) is 0. The van der Waals surface area contributed by atoms with Crippen molar-refractivity contribution >= 4 is 8.80 Å². The average Bonchev–Trinajstić information content (AvgIpc) is 2.62. The molecule has 2 aliphatic rings. The van der Waals surface area contributed by atoms with E-state index < -0.39 is 15.2 Å². The fourth-order valence-corrected chi connectivity index (χ4v) is 8.95. The molecule has 0 aromatic heterocycles. The average molecular weight is 385 g/mol. The first-order valence-electron chi connectivity index (χ1n) is 10.3. The maximum atomic E-state index is 12.4. The fraction of sp³-hybridized carbons (Fsp3) is 0.714. The van der Waals surface area contributed by atoms with Crippen LogP contribution in [0.5, 0.6) is 5.75 Å². The molecule has 26 heavy (non-hydrogen) atoms. The van der Waals surface area contributed by atoms with Crippen molar-refractivity contribution in [3.05, 3.63) is 29.8 Å². The molecule has 1 saturated heterocycles. The highest BCUT2D eigenvalue weighted by atomic mass is 28.3. The topological polar surface area (TPSA) is 9.23 Å². The number of hydrogen-bond donors (Lipinski definition) is 0. The van der Waals surface area contributed by atoms with Crippen molar-refractivity contribution in [1.82, 2.24) is 0 Å². The van der Waals surface area contributed by atoms with Gasteiger partial charge < -0.3 is 4.74 Å². The van der Waals surface area contributed by atoms with E-state index >= 15 is 0 Å². The van der Waals surface area contributed by atoms with Crippen molar-refractivity contribution in [1.29, 1.82) is 0 Å². The summed E-state index contributed by atoms with van der Waals surface area (Å²) in [5.41, 5.74) is 1.42. The third-order valence-electron chi connectivity index (χ3n) is 6.73. The van der Waals surface area contributed by atoms with Crippen LogP contribution in [0.3, 0.4) is 0 Å². The second-order valence-electron chi connectivity index (χ2n) is 8.30. The molecular weight excluding hydrogens is 353 g/mol. The van der Waals surface area contributed by atoms with Gasteiger partial charge in [-0.05, 0) is 41.9 Å². The summed E-state index contributed by atoms with van der Waals surface area (Å²) in [7, 11) is -0.521. The van der Waals surface area contributed by atoms with Crippen molar-refractivity contribution in [2.75, 3.05) is 0 Å². The van der Waals surface area contributed by atoms with Gasteiger partial charge in [0.15, 0.2) is 0 Å². The van der Waals surface area contributed by atoms with Crippen LogP contribution in [0, 0.1) is 5.92 Å². The highest BCUT2D eigenvalue weighted by Crippen LogP contribution is 2.50. The second kappa shape index (κ2) is 8.36. The second-order valence-corrected chi connectivity index (χ2v) is 11.8. The molecule has 1 aromatic carbocycles. The lowest BCUT2D eigenvalue weighted by Gasteiger charge is -2.47. The van der Waals surface area contributed by atoms with Crippen molar-refractivity contribution < 1.29 is 17.9 Å². The Morgan fingerprint density at radius 2 is 1.65 bits per heavy atom. The van der Waals surface area contributed by atoms with Gasteiger partial charge in [-0.25, -0.2) is 0 Å². The molecule has 1 aliphatic carbocycles. The van der Waals surface area contributed by atoms with E-state index in [1.165, 1.54) is 87.2 Å². The Bertz CT molecular complexity index is 556. The first-order chi connectivity index (χ1) is 12.4. The van der Waals surface area contributed by atoms with Gasteiger partial charge in [0.2, 0.25) is 0 Å². The van der Waals surface area contributed by atoms with Crippen LogP contribution in [0.1, 0.15) is 63.9 Å². The number of halogens is 3. The van der Waals surface area contributed by atoms with E-state index in [-0.39, 0.29) is 11.2 Å². The first kappa shape index (κ1) is 19.8. The van der Waals surface area contributed by atoms with E-state index in [9.17, 15) is 13.2 Å². The maximum absolute atomic E-state index is 12.4. The van der Waals surface area contributed by atoms with E-state index in [4.69, 9.17) is 0 Å². The molecule has 0 atom stereocenters. The standard InChI is InChI=1S/C21H31F3OSi/c1-2-14-26-15-10-18(11-16-26)20(12-4-3-5-13-20)17-6-8-19(9-7-17)25-21(22,23)24/h6-9,18,26H,2-5,10-16H2,1H3. The summed E-state index contributed by atoms with van der Waals surface area (Å²) in [5, 5.41) is 0. The largest absolute Gasteiger partial charge is 0.573 e. The van der Waals surface area contributed by atoms with Crippen molar-refractivity contribution in [3.63, 3.8) is 0 Å². The molecule has 0 radical (unpaired) electrons. The molecule has 1 heterocycles. The predicted octanol–water partition coefficient (Wildman–Crippen LogP) is 6.83. The zero-order chi connectivity index (χ0) is 18.6. The molecule has 1 aliphatic heterocycles. The third-order valence-corrected chi connectivity index (χ3v) is 10.4. The van der Waals surface area contributed by atoms with Gasteiger partial charge in [-0.2, -0.15) is 0 Å². The van der Waals surface area contributed by atoms with Crippen LogP contribution in [0.15, 0.2) is 24.3 Å². The minimum absolute atomic E-state index is 0.105.